The fraction of sp³-hybridized carbons (Fsp3) is 0.800. The molecule has 0 aliphatic carbocycles. The molecular formula is C10H19NO. The first-order valence-corrected chi connectivity index (χ1v) is 4.52. The van der Waals surface area contributed by atoms with Crippen LogP contribution < -0.4 is 5.32 Å². The first-order chi connectivity index (χ1) is 5.81. The summed E-state index contributed by atoms with van der Waals surface area (Å²) in [6.07, 6.45) is 2.20. The number of aliphatic hydroxyl groups excluding tert-OH is 1. The molecular weight excluding hydrogens is 150 g/mol. The Hall–Kier alpha value is -0.520. The van der Waals surface area contributed by atoms with Gasteiger partial charge in [-0.3, -0.25) is 0 Å². The highest BCUT2D eigenvalue weighted by atomic mass is 16.3. The van der Waals surface area contributed by atoms with Crippen molar-refractivity contribution in [2.24, 2.45) is 5.92 Å². The van der Waals surface area contributed by atoms with Crippen molar-refractivity contribution in [1.82, 2.24) is 5.32 Å². The molecule has 0 bridgehead atoms. The lowest BCUT2D eigenvalue weighted by Crippen LogP contribution is -2.16. The number of aliphatic hydroxyl groups is 1. The van der Waals surface area contributed by atoms with Crippen LogP contribution in [0, 0.1) is 17.8 Å². The maximum absolute atomic E-state index is 8.73. The fourth-order valence-corrected chi connectivity index (χ4v) is 0.906. The molecule has 0 aromatic carbocycles. The summed E-state index contributed by atoms with van der Waals surface area (Å²) in [5, 5.41) is 11.9. The van der Waals surface area contributed by atoms with Gasteiger partial charge in [-0.25, -0.2) is 0 Å². The molecule has 0 aliphatic rings. The Labute approximate surface area is 75.4 Å². The van der Waals surface area contributed by atoms with E-state index >= 15 is 0 Å². The Morgan fingerprint density at radius 2 is 2.25 bits per heavy atom. The molecule has 70 valence electrons. The summed E-state index contributed by atoms with van der Waals surface area (Å²) in [4.78, 5) is 0. The van der Waals surface area contributed by atoms with E-state index in [9.17, 15) is 0 Å². The first-order valence-electron chi connectivity index (χ1n) is 4.52. The van der Waals surface area contributed by atoms with Gasteiger partial charge in [-0.05, 0) is 32.2 Å². The Morgan fingerprint density at radius 3 is 2.83 bits per heavy atom. The maximum atomic E-state index is 8.73. The van der Waals surface area contributed by atoms with Crippen molar-refractivity contribution in [2.75, 3.05) is 19.7 Å². The lowest BCUT2D eigenvalue weighted by atomic mass is 10.1. The molecule has 0 rings (SSSR count). The third-order valence-electron chi connectivity index (χ3n) is 1.75. The Balaban J connectivity index is 3.03. The zero-order valence-corrected chi connectivity index (χ0v) is 8.06. The smallest absolute Gasteiger partial charge is 0.0576 e. The molecule has 2 nitrogen and oxygen atoms in total. The van der Waals surface area contributed by atoms with E-state index in [1.54, 1.807) is 0 Å². The van der Waals surface area contributed by atoms with Gasteiger partial charge in [0.15, 0.2) is 0 Å². The molecule has 2 N–H and O–H groups in total. The molecule has 0 saturated heterocycles. The van der Waals surface area contributed by atoms with Crippen molar-refractivity contribution in [3.05, 3.63) is 0 Å². The van der Waals surface area contributed by atoms with Gasteiger partial charge in [0.1, 0.15) is 0 Å². The van der Waals surface area contributed by atoms with E-state index in [4.69, 9.17) is 5.11 Å². The minimum absolute atomic E-state index is 0.300. The van der Waals surface area contributed by atoms with Crippen molar-refractivity contribution in [3.63, 3.8) is 0 Å². The van der Waals surface area contributed by atoms with Crippen LogP contribution in [-0.4, -0.2) is 24.8 Å². The van der Waals surface area contributed by atoms with E-state index < -0.39 is 0 Å². The minimum Gasteiger partial charge on any atom is -0.396 e. The number of nitrogens with one attached hydrogen (secondary N) is 1. The third-order valence-corrected chi connectivity index (χ3v) is 1.75. The second-order valence-electron chi connectivity index (χ2n) is 3.03. The van der Waals surface area contributed by atoms with Crippen LogP contribution in [0.3, 0.4) is 0 Å². The molecule has 0 fully saturated rings. The summed E-state index contributed by atoms with van der Waals surface area (Å²) in [6.45, 7) is 5.99. The number of hydrogen-bond donors (Lipinski definition) is 2. The summed E-state index contributed by atoms with van der Waals surface area (Å²) in [5.74, 6) is 6.20. The highest BCUT2D eigenvalue weighted by Gasteiger charge is 1.97. The van der Waals surface area contributed by atoms with E-state index in [-0.39, 0.29) is 0 Å². The largest absolute Gasteiger partial charge is 0.396 e. The average Bonchev–Trinajstić information content (AvgIpc) is 2.10. The molecule has 0 amide bonds. The van der Waals surface area contributed by atoms with E-state index in [0.29, 0.717) is 12.5 Å². The van der Waals surface area contributed by atoms with Gasteiger partial charge >= 0.3 is 0 Å². The molecule has 0 spiro atoms. The summed E-state index contributed by atoms with van der Waals surface area (Å²) < 4.78 is 0. The summed E-state index contributed by atoms with van der Waals surface area (Å²) >= 11 is 0. The van der Waals surface area contributed by atoms with Crippen LogP contribution in [0.4, 0.5) is 0 Å². The second kappa shape index (κ2) is 8.58. The van der Waals surface area contributed by atoms with Gasteiger partial charge in [0.25, 0.3) is 0 Å². The van der Waals surface area contributed by atoms with Gasteiger partial charge in [0.05, 0.1) is 6.54 Å². The zero-order valence-electron chi connectivity index (χ0n) is 8.06. The van der Waals surface area contributed by atoms with Gasteiger partial charge in [0, 0.05) is 6.61 Å². The Kier molecular flexibility index (Phi) is 8.20. The van der Waals surface area contributed by atoms with Gasteiger partial charge in [-0.2, -0.15) is 0 Å². The molecule has 0 saturated carbocycles. The average molecular weight is 169 g/mol. The van der Waals surface area contributed by atoms with Crippen LogP contribution in [0.15, 0.2) is 0 Å². The van der Waals surface area contributed by atoms with Gasteiger partial charge < -0.3 is 10.4 Å². The van der Waals surface area contributed by atoms with Crippen molar-refractivity contribution in [2.45, 2.75) is 26.7 Å². The van der Waals surface area contributed by atoms with Crippen LogP contribution in [0.1, 0.15) is 26.7 Å². The Morgan fingerprint density at radius 1 is 1.50 bits per heavy atom. The van der Waals surface area contributed by atoms with E-state index in [2.05, 4.69) is 24.1 Å². The zero-order chi connectivity index (χ0) is 9.23. The van der Waals surface area contributed by atoms with E-state index in [1.807, 2.05) is 6.92 Å². The van der Waals surface area contributed by atoms with E-state index in [0.717, 1.165) is 25.9 Å². The summed E-state index contributed by atoms with van der Waals surface area (Å²) in [6, 6.07) is 0. The van der Waals surface area contributed by atoms with Crippen LogP contribution in [0.25, 0.3) is 0 Å². The quantitative estimate of drug-likeness (QED) is 0.459. The van der Waals surface area contributed by atoms with Crippen molar-refractivity contribution in [3.8, 4) is 11.8 Å². The molecule has 0 radical (unpaired) electrons. The van der Waals surface area contributed by atoms with Gasteiger partial charge in [-0.1, -0.05) is 12.8 Å². The lowest BCUT2D eigenvalue weighted by Gasteiger charge is -2.06. The van der Waals surface area contributed by atoms with Crippen LogP contribution in [0.2, 0.25) is 0 Å². The Bertz CT molecular complexity index is 146. The molecule has 12 heavy (non-hydrogen) atoms. The predicted octanol–water partition coefficient (Wildman–Crippen LogP) is 1.01. The molecule has 0 aromatic heterocycles. The monoisotopic (exact) mass is 169 g/mol. The fourth-order valence-electron chi connectivity index (χ4n) is 0.906. The normalized spacial score (nSPS) is 11.9. The SMILES string of the molecule is CC#CCNCCCC(C)CO. The number of hydrogen-bond acceptors (Lipinski definition) is 2. The lowest BCUT2D eigenvalue weighted by molar-refractivity contribution is 0.228. The van der Waals surface area contributed by atoms with Crippen molar-refractivity contribution in [1.29, 1.82) is 0 Å². The standard InChI is InChI=1S/C10H19NO/c1-3-4-7-11-8-5-6-10(2)9-12/h10-12H,5-9H2,1-2H3. The number of rotatable bonds is 6. The van der Waals surface area contributed by atoms with Crippen LogP contribution >= 0.6 is 0 Å². The minimum atomic E-state index is 0.300. The first kappa shape index (κ1) is 11.5. The van der Waals surface area contributed by atoms with Crippen LogP contribution in [-0.2, 0) is 0 Å². The molecule has 0 aromatic rings. The molecule has 1 unspecified atom stereocenters. The molecule has 0 aliphatic heterocycles. The second-order valence-corrected chi connectivity index (χ2v) is 3.03. The molecule has 2 heteroatoms. The topological polar surface area (TPSA) is 32.3 Å². The van der Waals surface area contributed by atoms with Gasteiger partial charge in [0.2, 0.25) is 0 Å². The highest BCUT2D eigenvalue weighted by Crippen LogP contribution is 2.02. The predicted molar refractivity (Wildman–Crippen MR) is 51.8 cm³/mol. The van der Waals surface area contributed by atoms with Crippen LogP contribution in [0.5, 0.6) is 0 Å². The van der Waals surface area contributed by atoms with E-state index in [1.165, 1.54) is 0 Å². The molecule has 0 heterocycles. The summed E-state index contributed by atoms with van der Waals surface area (Å²) in [7, 11) is 0. The highest BCUT2D eigenvalue weighted by molar-refractivity contribution is 4.96. The summed E-state index contributed by atoms with van der Waals surface area (Å²) in [5.41, 5.74) is 0. The molecule has 1 atom stereocenters. The van der Waals surface area contributed by atoms with Gasteiger partial charge in [-0.15, -0.1) is 5.92 Å². The van der Waals surface area contributed by atoms with Crippen molar-refractivity contribution >= 4 is 0 Å². The third kappa shape index (κ3) is 7.59. The maximum Gasteiger partial charge on any atom is 0.0576 e. The van der Waals surface area contributed by atoms with Crippen molar-refractivity contribution < 1.29 is 5.11 Å².